The Morgan fingerprint density at radius 1 is 1.13 bits per heavy atom. The molecule has 1 aromatic heterocycles. The van der Waals surface area contributed by atoms with Crippen molar-refractivity contribution in [3.05, 3.63) is 36.3 Å². The van der Waals surface area contributed by atoms with Gasteiger partial charge in [0.05, 0.1) is 19.9 Å². The number of methoxy groups -OCH3 is 2. The Morgan fingerprint density at radius 2 is 1.91 bits per heavy atom. The van der Waals surface area contributed by atoms with Gasteiger partial charge in [-0.25, -0.2) is 9.97 Å². The van der Waals surface area contributed by atoms with Crippen LogP contribution in [-0.4, -0.2) is 36.1 Å². The zero-order valence-electron chi connectivity index (χ0n) is 13.6. The maximum atomic E-state index is 12.0. The van der Waals surface area contributed by atoms with E-state index in [1.165, 1.54) is 6.33 Å². The number of aromatic nitrogens is 2. The number of carbonyl (C=O) groups is 1. The molecular formula is C16H20N4O3. The Morgan fingerprint density at radius 3 is 2.57 bits per heavy atom. The standard InChI is InChI=1S/C16H20N4O3/c1-10(2)19-16(21)13-8-15(18-9-17-13)20-12-6-5-11(22-3)7-14(12)23-4/h5-10H,1-4H3,(H,19,21)(H,17,18,20). The van der Waals surface area contributed by atoms with Crippen molar-refractivity contribution in [3.63, 3.8) is 0 Å². The van der Waals surface area contributed by atoms with Crippen LogP contribution in [0.5, 0.6) is 11.5 Å². The van der Waals surface area contributed by atoms with Crippen molar-refractivity contribution < 1.29 is 14.3 Å². The number of ether oxygens (including phenoxy) is 2. The van der Waals surface area contributed by atoms with Crippen LogP contribution in [0.25, 0.3) is 0 Å². The summed E-state index contributed by atoms with van der Waals surface area (Å²) < 4.78 is 10.5. The summed E-state index contributed by atoms with van der Waals surface area (Å²) in [5.74, 6) is 1.55. The van der Waals surface area contributed by atoms with E-state index in [1.54, 1.807) is 32.4 Å². The van der Waals surface area contributed by atoms with Gasteiger partial charge in [0.2, 0.25) is 0 Å². The van der Waals surface area contributed by atoms with Gasteiger partial charge >= 0.3 is 0 Å². The molecule has 0 spiro atoms. The number of anilines is 2. The van der Waals surface area contributed by atoms with Crippen LogP contribution in [0.3, 0.4) is 0 Å². The third-order valence-electron chi connectivity index (χ3n) is 2.99. The normalized spacial score (nSPS) is 10.3. The zero-order valence-corrected chi connectivity index (χ0v) is 13.6. The number of carbonyl (C=O) groups excluding carboxylic acids is 1. The summed E-state index contributed by atoms with van der Waals surface area (Å²) in [6.45, 7) is 3.78. The lowest BCUT2D eigenvalue weighted by Crippen LogP contribution is -2.30. The van der Waals surface area contributed by atoms with Gasteiger partial charge in [-0.05, 0) is 26.0 Å². The number of rotatable bonds is 6. The molecule has 0 aliphatic heterocycles. The van der Waals surface area contributed by atoms with E-state index in [-0.39, 0.29) is 11.9 Å². The third-order valence-corrected chi connectivity index (χ3v) is 2.99. The average Bonchev–Trinajstić information content (AvgIpc) is 2.55. The summed E-state index contributed by atoms with van der Waals surface area (Å²) in [5.41, 5.74) is 1.01. The quantitative estimate of drug-likeness (QED) is 0.851. The van der Waals surface area contributed by atoms with Crippen LogP contribution in [-0.2, 0) is 0 Å². The van der Waals surface area contributed by atoms with Gasteiger partial charge in [0.1, 0.15) is 29.3 Å². The predicted molar refractivity (Wildman–Crippen MR) is 87.5 cm³/mol. The molecule has 1 amide bonds. The molecule has 0 unspecified atom stereocenters. The van der Waals surface area contributed by atoms with Gasteiger partial charge in [-0.1, -0.05) is 0 Å². The number of nitrogens with zero attached hydrogens (tertiary/aromatic N) is 2. The molecule has 7 heteroatoms. The fourth-order valence-corrected chi connectivity index (χ4v) is 1.93. The summed E-state index contributed by atoms with van der Waals surface area (Å²) >= 11 is 0. The molecule has 2 aromatic rings. The van der Waals surface area contributed by atoms with E-state index >= 15 is 0 Å². The van der Waals surface area contributed by atoms with E-state index in [2.05, 4.69) is 20.6 Å². The van der Waals surface area contributed by atoms with Crippen molar-refractivity contribution >= 4 is 17.4 Å². The van der Waals surface area contributed by atoms with Gasteiger partial charge in [-0.2, -0.15) is 0 Å². The first-order chi connectivity index (χ1) is 11.0. The van der Waals surface area contributed by atoms with E-state index in [0.717, 1.165) is 0 Å². The third kappa shape index (κ3) is 4.32. The van der Waals surface area contributed by atoms with Gasteiger partial charge in [-0.3, -0.25) is 4.79 Å². The molecule has 0 bridgehead atoms. The van der Waals surface area contributed by atoms with Gasteiger partial charge in [0, 0.05) is 18.2 Å². The molecule has 23 heavy (non-hydrogen) atoms. The molecule has 0 aliphatic carbocycles. The summed E-state index contributed by atoms with van der Waals surface area (Å²) in [6, 6.07) is 7.00. The Bertz CT molecular complexity index is 689. The van der Waals surface area contributed by atoms with Crippen LogP contribution in [0, 0.1) is 0 Å². The number of amides is 1. The van der Waals surface area contributed by atoms with Gasteiger partial charge in [0.25, 0.3) is 5.91 Å². The molecular weight excluding hydrogens is 296 g/mol. The van der Waals surface area contributed by atoms with Crippen LogP contribution in [0.4, 0.5) is 11.5 Å². The molecule has 1 heterocycles. The smallest absolute Gasteiger partial charge is 0.270 e. The predicted octanol–water partition coefficient (Wildman–Crippen LogP) is 2.38. The number of hydrogen-bond acceptors (Lipinski definition) is 6. The van der Waals surface area contributed by atoms with Crippen molar-refractivity contribution in [2.45, 2.75) is 19.9 Å². The number of hydrogen-bond donors (Lipinski definition) is 2. The Labute approximate surface area is 135 Å². The lowest BCUT2D eigenvalue weighted by Gasteiger charge is -2.12. The van der Waals surface area contributed by atoms with Crippen molar-refractivity contribution in [1.29, 1.82) is 0 Å². The molecule has 7 nitrogen and oxygen atoms in total. The minimum absolute atomic E-state index is 0.0376. The number of nitrogens with one attached hydrogen (secondary N) is 2. The topological polar surface area (TPSA) is 85.4 Å². The number of benzene rings is 1. The van der Waals surface area contributed by atoms with E-state index in [1.807, 2.05) is 19.9 Å². The maximum Gasteiger partial charge on any atom is 0.270 e. The molecule has 0 saturated carbocycles. The van der Waals surface area contributed by atoms with E-state index in [9.17, 15) is 4.79 Å². The zero-order chi connectivity index (χ0) is 16.8. The highest BCUT2D eigenvalue weighted by Crippen LogP contribution is 2.30. The molecule has 0 radical (unpaired) electrons. The second kappa shape index (κ2) is 7.44. The van der Waals surface area contributed by atoms with Crippen LogP contribution < -0.4 is 20.1 Å². The summed E-state index contributed by atoms with van der Waals surface area (Å²) in [6.07, 6.45) is 1.34. The first-order valence-electron chi connectivity index (χ1n) is 7.15. The van der Waals surface area contributed by atoms with E-state index in [4.69, 9.17) is 9.47 Å². The van der Waals surface area contributed by atoms with Crippen LogP contribution >= 0.6 is 0 Å². The minimum Gasteiger partial charge on any atom is -0.497 e. The Hall–Kier alpha value is -2.83. The lowest BCUT2D eigenvalue weighted by atomic mass is 10.2. The highest BCUT2D eigenvalue weighted by atomic mass is 16.5. The minimum atomic E-state index is -0.243. The summed E-state index contributed by atoms with van der Waals surface area (Å²) in [7, 11) is 3.16. The fourth-order valence-electron chi connectivity index (χ4n) is 1.93. The van der Waals surface area contributed by atoms with Crippen molar-refractivity contribution in [2.24, 2.45) is 0 Å². The fraction of sp³-hybridized carbons (Fsp3) is 0.312. The van der Waals surface area contributed by atoms with Crippen molar-refractivity contribution in [3.8, 4) is 11.5 Å². The van der Waals surface area contributed by atoms with Crippen LogP contribution in [0.2, 0.25) is 0 Å². The van der Waals surface area contributed by atoms with Crippen molar-refractivity contribution in [2.75, 3.05) is 19.5 Å². The first-order valence-corrected chi connectivity index (χ1v) is 7.15. The Balaban J connectivity index is 2.22. The molecule has 122 valence electrons. The lowest BCUT2D eigenvalue weighted by molar-refractivity contribution is 0.0938. The molecule has 0 aliphatic rings. The van der Waals surface area contributed by atoms with Gasteiger partial charge < -0.3 is 20.1 Å². The second-order valence-corrected chi connectivity index (χ2v) is 5.11. The van der Waals surface area contributed by atoms with Crippen molar-refractivity contribution in [1.82, 2.24) is 15.3 Å². The molecule has 2 N–H and O–H groups in total. The molecule has 1 aromatic carbocycles. The highest BCUT2D eigenvalue weighted by Gasteiger charge is 2.11. The summed E-state index contributed by atoms with van der Waals surface area (Å²) in [4.78, 5) is 20.1. The average molecular weight is 316 g/mol. The molecule has 0 saturated heterocycles. The van der Waals surface area contributed by atoms with E-state index in [0.29, 0.717) is 28.7 Å². The summed E-state index contributed by atoms with van der Waals surface area (Å²) in [5, 5.41) is 5.90. The molecule has 0 fully saturated rings. The van der Waals surface area contributed by atoms with Gasteiger partial charge in [0.15, 0.2) is 0 Å². The SMILES string of the molecule is COc1ccc(Nc2cc(C(=O)NC(C)C)ncn2)c(OC)c1. The monoisotopic (exact) mass is 316 g/mol. The van der Waals surface area contributed by atoms with Crippen LogP contribution in [0.1, 0.15) is 24.3 Å². The molecule has 0 atom stereocenters. The Kier molecular flexibility index (Phi) is 5.35. The maximum absolute atomic E-state index is 12.0. The largest absolute Gasteiger partial charge is 0.497 e. The van der Waals surface area contributed by atoms with Gasteiger partial charge in [-0.15, -0.1) is 0 Å². The van der Waals surface area contributed by atoms with Crippen LogP contribution in [0.15, 0.2) is 30.6 Å². The molecule has 2 rings (SSSR count). The highest BCUT2D eigenvalue weighted by molar-refractivity contribution is 5.93. The first kappa shape index (κ1) is 16.5. The second-order valence-electron chi connectivity index (χ2n) is 5.11. The van der Waals surface area contributed by atoms with E-state index < -0.39 is 0 Å².